The first-order valence-electron chi connectivity index (χ1n) is 5.18. The molecule has 0 aromatic carbocycles. The van der Waals surface area contributed by atoms with Crippen molar-refractivity contribution >= 4 is 11.8 Å². The van der Waals surface area contributed by atoms with Gasteiger partial charge in [0.05, 0.1) is 18.9 Å². The van der Waals surface area contributed by atoms with Crippen LogP contribution in [0.2, 0.25) is 0 Å². The third kappa shape index (κ3) is 6.17. The van der Waals surface area contributed by atoms with Gasteiger partial charge in [0.1, 0.15) is 0 Å². The van der Waals surface area contributed by atoms with Crippen LogP contribution in [-0.4, -0.2) is 58.9 Å². The molecule has 0 saturated heterocycles. The van der Waals surface area contributed by atoms with Gasteiger partial charge < -0.3 is 10.1 Å². The van der Waals surface area contributed by atoms with Crippen molar-refractivity contribution in [1.29, 1.82) is 0 Å². The van der Waals surface area contributed by atoms with Gasteiger partial charge in [-0.25, -0.2) is 4.68 Å². The lowest BCUT2D eigenvalue weighted by Gasteiger charge is -2.07. The highest BCUT2D eigenvalue weighted by Gasteiger charge is 2.28. The van der Waals surface area contributed by atoms with Gasteiger partial charge in [-0.3, -0.25) is 0 Å². The normalized spacial score (nSPS) is 12.0. The minimum absolute atomic E-state index is 0.167. The number of halogens is 3. The summed E-state index contributed by atoms with van der Waals surface area (Å²) in [6.45, 7) is 2.22. The zero-order valence-corrected chi connectivity index (χ0v) is 10.6. The monoisotopic (exact) mass is 285 g/mol. The maximum Gasteiger partial charge on any atom is 0.398 e. The highest BCUT2D eigenvalue weighted by Crippen LogP contribution is 2.25. The molecule has 0 aliphatic rings. The van der Waals surface area contributed by atoms with E-state index in [-0.39, 0.29) is 5.16 Å². The zero-order chi connectivity index (χ0) is 13.4. The number of aromatic nitrogens is 4. The van der Waals surface area contributed by atoms with E-state index in [2.05, 4.69) is 20.8 Å². The summed E-state index contributed by atoms with van der Waals surface area (Å²) in [5, 5.41) is 13.8. The molecule has 0 fully saturated rings. The van der Waals surface area contributed by atoms with E-state index in [9.17, 15) is 13.2 Å². The van der Waals surface area contributed by atoms with E-state index in [0.717, 1.165) is 0 Å². The van der Waals surface area contributed by atoms with Crippen molar-refractivity contribution in [3.63, 3.8) is 0 Å². The molecule has 104 valence electrons. The van der Waals surface area contributed by atoms with Crippen molar-refractivity contribution in [2.24, 2.45) is 0 Å². The van der Waals surface area contributed by atoms with Crippen LogP contribution in [0.1, 0.15) is 0 Å². The summed E-state index contributed by atoms with van der Waals surface area (Å²) < 4.78 is 42.3. The van der Waals surface area contributed by atoms with Crippen molar-refractivity contribution < 1.29 is 17.9 Å². The van der Waals surface area contributed by atoms with E-state index < -0.39 is 11.9 Å². The van der Waals surface area contributed by atoms with Gasteiger partial charge in [-0.1, -0.05) is 11.8 Å². The molecule has 0 radical (unpaired) electrons. The Kier molecular flexibility index (Phi) is 6.36. The first-order valence-corrected chi connectivity index (χ1v) is 6.17. The molecule has 0 aliphatic carbocycles. The molecule has 18 heavy (non-hydrogen) atoms. The predicted octanol–water partition coefficient (Wildman–Crippen LogP) is 0.563. The van der Waals surface area contributed by atoms with Gasteiger partial charge in [-0.15, -0.1) is 5.10 Å². The second-order valence-electron chi connectivity index (χ2n) is 3.33. The summed E-state index contributed by atoms with van der Waals surface area (Å²) >= 11 is 0.578. The third-order valence-electron chi connectivity index (χ3n) is 1.85. The summed E-state index contributed by atoms with van der Waals surface area (Å²) in [5.41, 5.74) is 0. The maximum atomic E-state index is 12.0. The molecule has 1 N–H and O–H groups in total. The van der Waals surface area contributed by atoms with E-state index in [1.165, 1.54) is 4.68 Å². The summed E-state index contributed by atoms with van der Waals surface area (Å²) in [5.74, 6) is -0.996. The molecule has 1 rings (SSSR count). The fourth-order valence-corrected chi connectivity index (χ4v) is 1.73. The van der Waals surface area contributed by atoms with Crippen molar-refractivity contribution in [3.05, 3.63) is 0 Å². The molecule has 10 heteroatoms. The van der Waals surface area contributed by atoms with Crippen LogP contribution in [0.4, 0.5) is 13.2 Å². The van der Waals surface area contributed by atoms with Crippen molar-refractivity contribution in [3.8, 4) is 0 Å². The lowest BCUT2D eigenvalue weighted by molar-refractivity contribution is -0.105. The lowest BCUT2D eigenvalue weighted by atomic mass is 10.6. The zero-order valence-electron chi connectivity index (χ0n) is 9.77. The molecular formula is C8H14F3N5OS. The number of alkyl halides is 3. The molecule has 0 bridgehead atoms. The average molecular weight is 285 g/mol. The third-order valence-corrected chi connectivity index (χ3v) is 2.87. The lowest BCUT2D eigenvalue weighted by Crippen LogP contribution is -2.24. The number of methoxy groups -OCH3 is 1. The largest absolute Gasteiger partial charge is 0.398 e. The molecule has 0 saturated carbocycles. The molecule has 1 aromatic rings. The Hall–Kier alpha value is -0.870. The summed E-state index contributed by atoms with van der Waals surface area (Å²) in [7, 11) is 1.59. The Morgan fingerprint density at radius 1 is 1.39 bits per heavy atom. The van der Waals surface area contributed by atoms with Crippen molar-refractivity contribution in [2.75, 3.05) is 32.6 Å². The Bertz CT molecular complexity index is 346. The molecule has 0 unspecified atom stereocenters. The SMILES string of the molecule is COCCNCCn1nnnc1SCC(F)(F)F. The number of thioether (sulfide) groups is 1. The molecule has 0 spiro atoms. The topological polar surface area (TPSA) is 64.9 Å². The van der Waals surface area contributed by atoms with E-state index in [1.54, 1.807) is 7.11 Å². The Labute approximate surface area is 106 Å². The summed E-state index contributed by atoms with van der Waals surface area (Å²) in [6, 6.07) is 0. The number of nitrogens with zero attached hydrogens (tertiary/aromatic N) is 4. The van der Waals surface area contributed by atoms with Gasteiger partial charge in [-0.05, 0) is 10.4 Å². The van der Waals surface area contributed by atoms with Crippen LogP contribution in [0.3, 0.4) is 0 Å². The maximum absolute atomic E-state index is 12.0. The van der Waals surface area contributed by atoms with E-state index >= 15 is 0 Å². The summed E-state index contributed by atoms with van der Waals surface area (Å²) in [4.78, 5) is 0. The number of ether oxygens (including phenoxy) is 1. The Balaban J connectivity index is 2.31. The average Bonchev–Trinajstić information content (AvgIpc) is 2.73. The quantitative estimate of drug-likeness (QED) is 0.556. The minimum Gasteiger partial charge on any atom is -0.383 e. The first-order chi connectivity index (χ1) is 8.53. The van der Waals surface area contributed by atoms with Gasteiger partial charge >= 0.3 is 6.18 Å². The van der Waals surface area contributed by atoms with Gasteiger partial charge in [-0.2, -0.15) is 13.2 Å². The smallest absolute Gasteiger partial charge is 0.383 e. The molecule has 0 aliphatic heterocycles. The molecule has 1 heterocycles. The predicted molar refractivity (Wildman–Crippen MR) is 59.3 cm³/mol. The fourth-order valence-electron chi connectivity index (χ4n) is 1.07. The molecule has 0 atom stereocenters. The minimum atomic E-state index is -4.22. The summed E-state index contributed by atoms with van der Waals surface area (Å²) in [6.07, 6.45) is -4.22. The molecule has 6 nitrogen and oxygen atoms in total. The van der Waals surface area contributed by atoms with Crippen LogP contribution in [0.25, 0.3) is 0 Å². The highest BCUT2D eigenvalue weighted by molar-refractivity contribution is 7.99. The second kappa shape index (κ2) is 7.54. The van der Waals surface area contributed by atoms with Crippen LogP contribution >= 0.6 is 11.8 Å². The van der Waals surface area contributed by atoms with Gasteiger partial charge in [0.15, 0.2) is 0 Å². The molecule has 1 aromatic heterocycles. The molecular weight excluding hydrogens is 271 g/mol. The highest BCUT2D eigenvalue weighted by atomic mass is 32.2. The Morgan fingerprint density at radius 2 is 2.17 bits per heavy atom. The van der Waals surface area contributed by atoms with Crippen molar-refractivity contribution in [2.45, 2.75) is 17.9 Å². The number of hydrogen-bond donors (Lipinski definition) is 1. The Morgan fingerprint density at radius 3 is 2.83 bits per heavy atom. The number of rotatable bonds is 8. The van der Waals surface area contributed by atoms with E-state index in [0.29, 0.717) is 38.0 Å². The van der Waals surface area contributed by atoms with E-state index in [1.807, 2.05) is 0 Å². The van der Waals surface area contributed by atoms with Gasteiger partial charge in [0, 0.05) is 20.2 Å². The van der Waals surface area contributed by atoms with Gasteiger partial charge in [0.2, 0.25) is 5.16 Å². The first kappa shape index (κ1) is 15.2. The molecule has 0 amide bonds. The van der Waals surface area contributed by atoms with Crippen LogP contribution in [0.5, 0.6) is 0 Å². The van der Waals surface area contributed by atoms with E-state index in [4.69, 9.17) is 4.74 Å². The number of nitrogens with one attached hydrogen (secondary N) is 1. The van der Waals surface area contributed by atoms with Crippen LogP contribution in [-0.2, 0) is 11.3 Å². The van der Waals surface area contributed by atoms with Crippen LogP contribution < -0.4 is 5.32 Å². The van der Waals surface area contributed by atoms with Crippen molar-refractivity contribution in [1.82, 2.24) is 25.5 Å². The second-order valence-corrected chi connectivity index (χ2v) is 4.27. The number of hydrogen-bond acceptors (Lipinski definition) is 6. The number of tetrazole rings is 1. The van der Waals surface area contributed by atoms with Gasteiger partial charge in [0.25, 0.3) is 0 Å². The van der Waals surface area contributed by atoms with Crippen LogP contribution in [0.15, 0.2) is 5.16 Å². The fraction of sp³-hybridized carbons (Fsp3) is 0.875. The van der Waals surface area contributed by atoms with Crippen LogP contribution in [0, 0.1) is 0 Å². The standard InChI is InChI=1S/C8H14F3N5OS/c1-17-5-3-12-2-4-16-7(13-14-15-16)18-6-8(9,10)11/h12H,2-6H2,1H3.